The second-order valence-corrected chi connectivity index (χ2v) is 5.85. The van der Waals surface area contributed by atoms with E-state index >= 15 is 0 Å². The first-order chi connectivity index (χ1) is 8.83. The van der Waals surface area contributed by atoms with Gasteiger partial charge >= 0.3 is 6.09 Å². The van der Waals surface area contributed by atoms with E-state index in [1.54, 1.807) is 39.2 Å². The summed E-state index contributed by atoms with van der Waals surface area (Å²) in [6.45, 7) is 5.36. The summed E-state index contributed by atoms with van der Waals surface area (Å²) in [6, 6.07) is 3.72. The average molecular weight is 322 g/mol. The SMILES string of the molecule is CC(C)(C)OC(=O)n1ccc2c(Br)cnc(C#N)c21. The van der Waals surface area contributed by atoms with Crippen molar-refractivity contribution in [1.29, 1.82) is 5.26 Å². The molecule has 0 atom stereocenters. The van der Waals surface area contributed by atoms with Gasteiger partial charge in [0.15, 0.2) is 5.69 Å². The Hall–Kier alpha value is -1.87. The van der Waals surface area contributed by atoms with Crippen LogP contribution in [0.2, 0.25) is 0 Å². The Bertz CT molecular complexity index is 692. The molecule has 0 spiro atoms. The lowest BCUT2D eigenvalue weighted by atomic mass is 10.2. The lowest BCUT2D eigenvalue weighted by molar-refractivity contribution is 0.0544. The summed E-state index contributed by atoms with van der Waals surface area (Å²) in [4.78, 5) is 16.1. The summed E-state index contributed by atoms with van der Waals surface area (Å²) >= 11 is 3.35. The molecule has 5 nitrogen and oxygen atoms in total. The molecule has 2 heterocycles. The molecule has 2 aromatic heterocycles. The van der Waals surface area contributed by atoms with Gasteiger partial charge in [0.05, 0.1) is 5.52 Å². The third kappa shape index (κ3) is 2.61. The number of carbonyl (C=O) groups is 1. The smallest absolute Gasteiger partial charge is 0.419 e. The fraction of sp³-hybridized carbons (Fsp3) is 0.308. The van der Waals surface area contributed by atoms with Crippen LogP contribution in [0.25, 0.3) is 10.9 Å². The van der Waals surface area contributed by atoms with Crippen LogP contribution in [0.1, 0.15) is 26.5 Å². The number of rotatable bonds is 0. The maximum absolute atomic E-state index is 12.1. The highest BCUT2D eigenvalue weighted by Gasteiger charge is 2.21. The Morgan fingerprint density at radius 1 is 1.53 bits per heavy atom. The van der Waals surface area contributed by atoms with E-state index in [-0.39, 0.29) is 5.69 Å². The number of aromatic nitrogens is 2. The van der Waals surface area contributed by atoms with Crippen LogP contribution >= 0.6 is 15.9 Å². The van der Waals surface area contributed by atoms with E-state index in [0.29, 0.717) is 5.52 Å². The maximum Gasteiger partial charge on any atom is 0.419 e. The summed E-state index contributed by atoms with van der Waals surface area (Å²) in [6.07, 6.45) is 2.59. The summed E-state index contributed by atoms with van der Waals surface area (Å²) in [5, 5.41) is 9.84. The highest BCUT2D eigenvalue weighted by atomic mass is 79.9. The van der Waals surface area contributed by atoms with E-state index in [9.17, 15) is 4.79 Å². The number of nitriles is 1. The van der Waals surface area contributed by atoms with Gasteiger partial charge in [-0.05, 0) is 42.8 Å². The molecule has 0 radical (unpaired) electrons. The summed E-state index contributed by atoms with van der Waals surface area (Å²) < 4.78 is 7.33. The van der Waals surface area contributed by atoms with Gasteiger partial charge in [0.25, 0.3) is 0 Å². The number of fused-ring (bicyclic) bond motifs is 1. The van der Waals surface area contributed by atoms with Crippen molar-refractivity contribution in [2.75, 3.05) is 0 Å². The highest BCUT2D eigenvalue weighted by molar-refractivity contribution is 9.10. The molecule has 2 aromatic rings. The molecule has 0 aromatic carbocycles. The first-order valence-corrected chi connectivity index (χ1v) is 6.42. The van der Waals surface area contributed by atoms with E-state index < -0.39 is 11.7 Å². The quantitative estimate of drug-likeness (QED) is 0.745. The zero-order valence-corrected chi connectivity index (χ0v) is 12.4. The minimum Gasteiger partial charge on any atom is -0.443 e. The molecular formula is C13H12BrN3O2. The van der Waals surface area contributed by atoms with Crippen LogP contribution < -0.4 is 0 Å². The van der Waals surface area contributed by atoms with Crippen molar-refractivity contribution < 1.29 is 9.53 Å². The third-order valence-electron chi connectivity index (χ3n) is 2.37. The maximum atomic E-state index is 12.1. The molecule has 0 N–H and O–H groups in total. The van der Waals surface area contributed by atoms with Crippen LogP contribution in [-0.2, 0) is 4.74 Å². The lowest BCUT2D eigenvalue weighted by Gasteiger charge is -2.19. The van der Waals surface area contributed by atoms with Gasteiger partial charge in [0.2, 0.25) is 0 Å². The van der Waals surface area contributed by atoms with Crippen LogP contribution in [0.4, 0.5) is 4.79 Å². The molecule has 0 aliphatic heterocycles. The van der Waals surface area contributed by atoms with Crippen LogP contribution in [0, 0.1) is 11.3 Å². The van der Waals surface area contributed by atoms with Gasteiger partial charge in [0, 0.05) is 22.3 Å². The van der Waals surface area contributed by atoms with Crippen LogP contribution in [0.15, 0.2) is 22.9 Å². The Morgan fingerprint density at radius 3 is 2.79 bits per heavy atom. The number of carbonyl (C=O) groups excluding carboxylic acids is 1. The van der Waals surface area contributed by atoms with E-state index in [0.717, 1.165) is 9.86 Å². The predicted molar refractivity (Wildman–Crippen MR) is 73.8 cm³/mol. The summed E-state index contributed by atoms with van der Waals surface area (Å²) in [5.74, 6) is 0. The van der Waals surface area contributed by atoms with E-state index in [1.807, 2.05) is 6.07 Å². The van der Waals surface area contributed by atoms with Gasteiger partial charge in [-0.15, -0.1) is 0 Å². The predicted octanol–water partition coefficient (Wildman–Crippen LogP) is 3.45. The van der Waals surface area contributed by atoms with Gasteiger partial charge in [-0.3, -0.25) is 0 Å². The fourth-order valence-corrected chi connectivity index (χ4v) is 2.09. The van der Waals surface area contributed by atoms with E-state index in [1.165, 1.54) is 4.57 Å². The van der Waals surface area contributed by atoms with Crippen LogP contribution in [0.5, 0.6) is 0 Å². The molecule has 0 saturated carbocycles. The Balaban J connectivity index is 2.60. The third-order valence-corrected chi connectivity index (χ3v) is 3.00. The molecule has 0 bridgehead atoms. The lowest BCUT2D eigenvalue weighted by Crippen LogP contribution is -2.26. The summed E-state index contributed by atoms with van der Waals surface area (Å²) in [5.41, 5.74) is 0.0418. The fourth-order valence-electron chi connectivity index (χ4n) is 1.66. The number of ether oxygens (including phenoxy) is 1. The Kier molecular flexibility index (Phi) is 3.33. The van der Waals surface area contributed by atoms with Crippen molar-refractivity contribution in [2.24, 2.45) is 0 Å². The molecule has 0 fully saturated rings. The zero-order valence-electron chi connectivity index (χ0n) is 10.8. The van der Waals surface area contributed by atoms with Crippen molar-refractivity contribution in [3.8, 4) is 6.07 Å². The number of nitrogens with zero attached hydrogens (tertiary/aromatic N) is 3. The van der Waals surface area contributed by atoms with Gasteiger partial charge in [-0.2, -0.15) is 5.26 Å². The first-order valence-electron chi connectivity index (χ1n) is 5.62. The minimum absolute atomic E-state index is 0.189. The molecular weight excluding hydrogens is 310 g/mol. The molecule has 0 saturated heterocycles. The van der Waals surface area contributed by atoms with E-state index in [4.69, 9.17) is 10.00 Å². The molecule has 98 valence electrons. The van der Waals surface area contributed by atoms with Crippen molar-refractivity contribution >= 4 is 32.9 Å². The molecule has 0 amide bonds. The second kappa shape index (κ2) is 4.67. The molecule has 0 aliphatic carbocycles. The topological polar surface area (TPSA) is 67.9 Å². The van der Waals surface area contributed by atoms with Crippen LogP contribution in [-0.4, -0.2) is 21.2 Å². The molecule has 2 rings (SSSR count). The molecule has 6 heteroatoms. The number of hydrogen-bond acceptors (Lipinski definition) is 4. The molecule has 19 heavy (non-hydrogen) atoms. The highest BCUT2D eigenvalue weighted by Crippen LogP contribution is 2.26. The van der Waals surface area contributed by atoms with Crippen molar-refractivity contribution in [3.63, 3.8) is 0 Å². The monoisotopic (exact) mass is 321 g/mol. The standard InChI is InChI=1S/C13H12BrN3O2/c1-13(2,3)19-12(18)17-5-4-8-9(14)7-16-10(6-15)11(8)17/h4-5,7H,1-3H3. The Labute approximate surface area is 118 Å². The van der Waals surface area contributed by atoms with Gasteiger partial charge in [-0.1, -0.05) is 0 Å². The van der Waals surface area contributed by atoms with Crippen molar-refractivity contribution in [1.82, 2.24) is 9.55 Å². The van der Waals surface area contributed by atoms with Crippen molar-refractivity contribution in [2.45, 2.75) is 26.4 Å². The van der Waals surface area contributed by atoms with Gasteiger partial charge in [-0.25, -0.2) is 14.3 Å². The normalized spacial score (nSPS) is 11.3. The number of pyridine rings is 1. The molecule has 0 unspecified atom stereocenters. The average Bonchev–Trinajstić information content (AvgIpc) is 2.73. The van der Waals surface area contributed by atoms with E-state index in [2.05, 4.69) is 20.9 Å². The van der Waals surface area contributed by atoms with Gasteiger partial charge < -0.3 is 4.74 Å². The first kappa shape index (κ1) is 13.6. The zero-order chi connectivity index (χ0) is 14.2. The van der Waals surface area contributed by atoms with Crippen molar-refractivity contribution in [3.05, 3.63) is 28.6 Å². The number of hydrogen-bond donors (Lipinski definition) is 0. The summed E-state index contributed by atoms with van der Waals surface area (Å²) in [7, 11) is 0. The Morgan fingerprint density at radius 2 is 2.21 bits per heavy atom. The minimum atomic E-state index is -0.597. The van der Waals surface area contributed by atoms with Gasteiger partial charge in [0.1, 0.15) is 11.7 Å². The largest absolute Gasteiger partial charge is 0.443 e. The second-order valence-electron chi connectivity index (χ2n) is 4.99. The molecule has 0 aliphatic rings. The number of halogens is 1. The van der Waals surface area contributed by atoms with Crippen LogP contribution in [0.3, 0.4) is 0 Å².